The molecule has 13 heteroatoms. The third-order valence-electron chi connectivity index (χ3n) is 4.30. The van der Waals surface area contributed by atoms with Crippen LogP contribution in [0.3, 0.4) is 0 Å². The van der Waals surface area contributed by atoms with Gasteiger partial charge in [0.15, 0.2) is 4.90 Å². The summed E-state index contributed by atoms with van der Waals surface area (Å²) in [6, 6.07) is 4.84. The minimum atomic E-state index is -4.43. The van der Waals surface area contributed by atoms with Crippen LogP contribution in [0.5, 0.6) is 0 Å². The molecule has 0 saturated carbocycles. The standard InChI is InChI=1S/C18H24BN3O8S/c1-3-4-5-6-11-16(19-29-17(23)12-21(2)13-18(24)30-19)20-31(27,28)15-10-8-7-9-14(15)22(25)26/h6-11,16,20H,3-5,12-13H2,1-2H3. The smallest absolute Gasteiger partial charge is 0.497 e. The molecule has 31 heavy (non-hydrogen) atoms. The van der Waals surface area contributed by atoms with E-state index in [4.69, 9.17) is 9.31 Å². The van der Waals surface area contributed by atoms with E-state index in [9.17, 15) is 28.1 Å². The molecule has 0 spiro atoms. The lowest BCUT2D eigenvalue weighted by Gasteiger charge is -2.26. The Bertz CT molecular complexity index is 933. The summed E-state index contributed by atoms with van der Waals surface area (Å²) >= 11 is 0. The Labute approximate surface area is 180 Å². The summed E-state index contributed by atoms with van der Waals surface area (Å²) in [6.07, 6.45) is 5.42. The van der Waals surface area contributed by atoms with Crippen LogP contribution in [0.15, 0.2) is 41.3 Å². The number of nitro benzene ring substituents is 1. The van der Waals surface area contributed by atoms with Crippen molar-refractivity contribution in [3.63, 3.8) is 0 Å². The maximum absolute atomic E-state index is 12.9. The second-order valence-corrected chi connectivity index (χ2v) is 8.65. The summed E-state index contributed by atoms with van der Waals surface area (Å²) in [5.74, 6) is -2.70. The number of rotatable bonds is 9. The number of nitrogens with one attached hydrogen (secondary N) is 1. The molecular weight excluding hydrogens is 429 g/mol. The van der Waals surface area contributed by atoms with Gasteiger partial charge in [-0.3, -0.25) is 24.6 Å². The van der Waals surface area contributed by atoms with Crippen LogP contribution in [0.4, 0.5) is 5.69 Å². The number of allylic oxidation sites excluding steroid dienone is 1. The lowest BCUT2D eigenvalue weighted by molar-refractivity contribution is -0.387. The lowest BCUT2D eigenvalue weighted by Crippen LogP contribution is -2.53. The van der Waals surface area contributed by atoms with Crippen LogP contribution < -0.4 is 4.72 Å². The normalized spacial score (nSPS) is 17.0. The molecule has 1 fully saturated rings. The molecular formula is C18H24BN3O8S. The summed E-state index contributed by atoms with van der Waals surface area (Å²) in [6.45, 7) is 1.61. The minimum absolute atomic E-state index is 0.186. The zero-order chi connectivity index (χ0) is 23.0. The predicted molar refractivity (Wildman–Crippen MR) is 111 cm³/mol. The average molecular weight is 453 g/mol. The van der Waals surface area contributed by atoms with E-state index in [1.54, 1.807) is 6.08 Å². The average Bonchev–Trinajstić information content (AvgIpc) is 2.68. The van der Waals surface area contributed by atoms with E-state index in [1.807, 2.05) is 6.92 Å². The highest BCUT2D eigenvalue weighted by Crippen LogP contribution is 2.23. The van der Waals surface area contributed by atoms with Crippen molar-refractivity contribution in [3.05, 3.63) is 46.5 Å². The third kappa shape index (κ3) is 7.15. The van der Waals surface area contributed by atoms with Gasteiger partial charge in [0.05, 0.1) is 18.0 Å². The van der Waals surface area contributed by atoms with Crippen LogP contribution in [0.1, 0.15) is 26.2 Å². The zero-order valence-electron chi connectivity index (χ0n) is 17.2. The maximum atomic E-state index is 12.9. The number of sulfonamides is 1. The van der Waals surface area contributed by atoms with Gasteiger partial charge in [0.1, 0.15) is 5.94 Å². The fraction of sp³-hybridized carbons (Fsp3) is 0.444. The van der Waals surface area contributed by atoms with E-state index >= 15 is 0 Å². The van der Waals surface area contributed by atoms with Crippen molar-refractivity contribution in [2.45, 2.75) is 37.0 Å². The quantitative estimate of drug-likeness (QED) is 0.191. The molecule has 0 aliphatic carbocycles. The first-order valence-electron chi connectivity index (χ1n) is 9.64. The van der Waals surface area contributed by atoms with E-state index in [-0.39, 0.29) is 13.1 Å². The second kappa shape index (κ2) is 11.0. The Hall–Kier alpha value is -2.77. The number of likely N-dealkylation sites (N-methyl/N-ethyl adjacent to an activating group) is 1. The predicted octanol–water partition coefficient (Wildman–Crippen LogP) is 1.05. The molecule has 2 rings (SSSR count). The van der Waals surface area contributed by atoms with E-state index in [2.05, 4.69) is 4.72 Å². The van der Waals surface area contributed by atoms with Crippen LogP contribution >= 0.6 is 0 Å². The summed E-state index contributed by atoms with van der Waals surface area (Å²) in [7, 11) is -4.47. The Kier molecular flexibility index (Phi) is 8.71. The monoisotopic (exact) mass is 453 g/mol. The van der Waals surface area contributed by atoms with Gasteiger partial charge >= 0.3 is 19.1 Å². The first-order chi connectivity index (χ1) is 14.6. The molecule has 1 N–H and O–H groups in total. The van der Waals surface area contributed by atoms with Gasteiger partial charge in [-0.25, -0.2) is 13.1 Å². The topological polar surface area (TPSA) is 145 Å². The number of hydrogen-bond donors (Lipinski definition) is 1. The fourth-order valence-corrected chi connectivity index (χ4v) is 4.18. The molecule has 168 valence electrons. The van der Waals surface area contributed by atoms with Gasteiger partial charge in [0, 0.05) is 6.07 Å². The molecule has 1 unspecified atom stereocenters. The van der Waals surface area contributed by atoms with Crippen molar-refractivity contribution >= 4 is 34.8 Å². The van der Waals surface area contributed by atoms with Gasteiger partial charge < -0.3 is 9.31 Å². The van der Waals surface area contributed by atoms with Crippen molar-refractivity contribution in [1.29, 1.82) is 0 Å². The number of para-hydroxylation sites is 1. The van der Waals surface area contributed by atoms with Crippen molar-refractivity contribution < 1.29 is 32.2 Å². The van der Waals surface area contributed by atoms with Crippen molar-refractivity contribution in [2.75, 3.05) is 20.1 Å². The van der Waals surface area contributed by atoms with Gasteiger partial charge in [0.2, 0.25) is 10.0 Å². The molecule has 0 amide bonds. The van der Waals surface area contributed by atoms with Gasteiger partial charge in [0.25, 0.3) is 5.69 Å². The van der Waals surface area contributed by atoms with Crippen molar-refractivity contribution in [3.8, 4) is 0 Å². The number of benzene rings is 1. The van der Waals surface area contributed by atoms with E-state index in [0.717, 1.165) is 25.0 Å². The minimum Gasteiger partial charge on any atom is -0.497 e. The number of carbonyl (C=O) groups is 2. The van der Waals surface area contributed by atoms with Gasteiger partial charge in [-0.1, -0.05) is 44.1 Å². The molecule has 1 aliphatic rings. The highest BCUT2D eigenvalue weighted by molar-refractivity contribution is 7.89. The summed E-state index contributed by atoms with van der Waals surface area (Å²) in [5, 5.41) is 11.3. The summed E-state index contributed by atoms with van der Waals surface area (Å²) in [5.41, 5.74) is -0.614. The number of nitrogens with zero attached hydrogens (tertiary/aromatic N) is 2. The Balaban J connectivity index is 2.37. The van der Waals surface area contributed by atoms with Crippen molar-refractivity contribution in [1.82, 2.24) is 9.62 Å². The molecule has 0 radical (unpaired) electrons. The number of unbranched alkanes of at least 4 members (excludes halogenated alkanes) is 2. The fourth-order valence-electron chi connectivity index (χ4n) is 2.83. The van der Waals surface area contributed by atoms with Crippen LogP contribution in [-0.4, -0.2) is 63.4 Å². The Morgan fingerprint density at radius 1 is 1.26 bits per heavy atom. The first kappa shape index (κ1) is 24.5. The Morgan fingerprint density at radius 2 is 1.87 bits per heavy atom. The summed E-state index contributed by atoms with van der Waals surface area (Å²) in [4.78, 5) is 35.4. The van der Waals surface area contributed by atoms with Crippen LogP contribution in [0.2, 0.25) is 0 Å². The first-order valence-corrected chi connectivity index (χ1v) is 11.1. The number of carbonyl (C=O) groups excluding carboxylic acids is 2. The van der Waals surface area contributed by atoms with E-state index in [1.165, 1.54) is 30.2 Å². The van der Waals surface area contributed by atoms with Crippen molar-refractivity contribution in [2.24, 2.45) is 0 Å². The van der Waals surface area contributed by atoms with E-state index < -0.39 is 50.5 Å². The second-order valence-electron chi connectivity index (χ2n) is 6.96. The van der Waals surface area contributed by atoms with Gasteiger partial charge in [-0.05, 0) is 19.5 Å². The molecule has 1 saturated heterocycles. The summed E-state index contributed by atoms with van der Waals surface area (Å²) < 4.78 is 38.5. The van der Waals surface area contributed by atoms with Crippen LogP contribution in [0.25, 0.3) is 0 Å². The van der Waals surface area contributed by atoms with E-state index in [0.29, 0.717) is 6.42 Å². The zero-order valence-corrected chi connectivity index (χ0v) is 18.0. The third-order valence-corrected chi connectivity index (χ3v) is 5.80. The number of nitro groups is 1. The highest BCUT2D eigenvalue weighted by Gasteiger charge is 2.41. The Morgan fingerprint density at radius 3 is 2.45 bits per heavy atom. The molecule has 11 nitrogen and oxygen atoms in total. The molecule has 1 heterocycles. The number of hydrogen-bond acceptors (Lipinski definition) is 9. The SMILES string of the molecule is CCCCC=CC(NS(=O)(=O)c1ccccc1[N+](=O)[O-])B1OC(=O)CN(C)CC(=O)O1. The molecule has 1 atom stereocenters. The maximum Gasteiger partial charge on any atom is 0.622 e. The largest absolute Gasteiger partial charge is 0.622 e. The van der Waals surface area contributed by atoms with Gasteiger partial charge in [-0.15, -0.1) is 0 Å². The molecule has 0 aromatic heterocycles. The van der Waals surface area contributed by atoms with Crippen LogP contribution in [-0.2, 0) is 28.9 Å². The van der Waals surface area contributed by atoms with Crippen LogP contribution in [0, 0.1) is 10.1 Å². The molecule has 1 aliphatic heterocycles. The van der Waals surface area contributed by atoms with Gasteiger partial charge in [-0.2, -0.15) is 0 Å². The lowest BCUT2D eigenvalue weighted by atomic mass is 9.78. The molecule has 1 aromatic carbocycles. The molecule has 1 aromatic rings. The highest BCUT2D eigenvalue weighted by atomic mass is 32.2. The molecule has 0 bridgehead atoms.